The van der Waals surface area contributed by atoms with Gasteiger partial charge in [-0.2, -0.15) is 0 Å². The van der Waals surface area contributed by atoms with Gasteiger partial charge in [0, 0.05) is 0 Å². The lowest BCUT2D eigenvalue weighted by atomic mass is 9.80. The summed E-state index contributed by atoms with van der Waals surface area (Å²) < 4.78 is 5.38. The molecular formula is C10H20O5. The summed E-state index contributed by atoms with van der Waals surface area (Å²) in [6.07, 6.45) is -5.10. The highest BCUT2D eigenvalue weighted by Crippen LogP contribution is 2.32. The van der Waals surface area contributed by atoms with Crippen molar-refractivity contribution in [3.05, 3.63) is 0 Å². The fraction of sp³-hybridized carbons (Fsp3) is 1.00. The van der Waals surface area contributed by atoms with E-state index in [2.05, 4.69) is 0 Å². The van der Waals surface area contributed by atoms with Crippen molar-refractivity contribution in [3.63, 3.8) is 0 Å². The van der Waals surface area contributed by atoms with Crippen molar-refractivity contribution in [2.75, 3.05) is 6.61 Å². The van der Waals surface area contributed by atoms with Crippen LogP contribution < -0.4 is 0 Å². The van der Waals surface area contributed by atoms with Gasteiger partial charge in [-0.15, -0.1) is 0 Å². The first-order valence-electron chi connectivity index (χ1n) is 5.09. The maximum atomic E-state index is 9.74. The molecule has 0 saturated carbocycles. The molecule has 0 bridgehead atoms. The Morgan fingerprint density at radius 3 is 1.93 bits per heavy atom. The van der Waals surface area contributed by atoms with Crippen molar-refractivity contribution in [1.82, 2.24) is 0 Å². The van der Waals surface area contributed by atoms with Crippen molar-refractivity contribution >= 4 is 0 Å². The van der Waals surface area contributed by atoms with E-state index >= 15 is 0 Å². The van der Waals surface area contributed by atoms with E-state index in [1.165, 1.54) is 0 Å². The largest absolute Gasteiger partial charge is 0.394 e. The highest BCUT2D eigenvalue weighted by Gasteiger charge is 2.47. The van der Waals surface area contributed by atoms with Crippen LogP contribution in [0, 0.1) is 5.41 Å². The molecule has 4 N–H and O–H groups in total. The summed E-state index contributed by atoms with van der Waals surface area (Å²) in [5, 5.41) is 37.8. The second kappa shape index (κ2) is 4.35. The molecule has 1 aliphatic heterocycles. The summed E-state index contributed by atoms with van der Waals surface area (Å²) in [6.45, 7) is 5.21. The van der Waals surface area contributed by atoms with Crippen LogP contribution in [0.15, 0.2) is 0 Å². The fourth-order valence-corrected chi connectivity index (χ4v) is 1.82. The normalized spacial score (nSPS) is 43.0. The molecule has 0 aromatic rings. The Morgan fingerprint density at radius 1 is 1.00 bits per heavy atom. The maximum Gasteiger partial charge on any atom is 0.111 e. The molecule has 5 nitrogen and oxygen atoms in total. The first-order chi connectivity index (χ1) is 6.79. The summed E-state index contributed by atoms with van der Waals surface area (Å²) in [4.78, 5) is 0. The standard InChI is InChI=1S/C10H20O5/c1-10(2,3)9-8(14)7(13)6(12)5(4-11)15-9/h5-9,11-14H,4H2,1-3H3/t5?,6-,7-,8?,9?/m0/s1. The zero-order valence-corrected chi connectivity index (χ0v) is 9.29. The third-order valence-corrected chi connectivity index (χ3v) is 2.75. The van der Waals surface area contributed by atoms with Gasteiger partial charge in [0.2, 0.25) is 0 Å². The number of ether oxygens (including phenoxy) is 1. The molecule has 0 amide bonds. The van der Waals surface area contributed by atoms with Crippen molar-refractivity contribution < 1.29 is 25.2 Å². The van der Waals surface area contributed by atoms with Crippen LogP contribution in [-0.2, 0) is 4.74 Å². The van der Waals surface area contributed by atoms with Crippen molar-refractivity contribution in [1.29, 1.82) is 0 Å². The first-order valence-corrected chi connectivity index (χ1v) is 5.09. The van der Waals surface area contributed by atoms with Crippen LogP contribution in [0.1, 0.15) is 20.8 Å². The summed E-state index contributed by atoms with van der Waals surface area (Å²) in [7, 11) is 0. The third kappa shape index (κ3) is 2.49. The number of aliphatic hydroxyl groups excluding tert-OH is 4. The molecule has 90 valence electrons. The van der Waals surface area contributed by atoms with E-state index < -0.39 is 30.5 Å². The van der Waals surface area contributed by atoms with E-state index in [1.54, 1.807) is 0 Å². The molecule has 1 aliphatic rings. The molecule has 1 fully saturated rings. The molecule has 5 heteroatoms. The Labute approximate surface area is 89.3 Å². The molecule has 0 aromatic carbocycles. The van der Waals surface area contributed by atoms with E-state index in [0.29, 0.717) is 0 Å². The van der Waals surface area contributed by atoms with E-state index in [1.807, 2.05) is 20.8 Å². The Balaban J connectivity index is 2.83. The first kappa shape index (κ1) is 12.9. The van der Waals surface area contributed by atoms with Gasteiger partial charge in [0.05, 0.1) is 12.7 Å². The fourth-order valence-electron chi connectivity index (χ4n) is 1.82. The zero-order chi connectivity index (χ0) is 11.8. The van der Waals surface area contributed by atoms with Crippen molar-refractivity contribution in [2.45, 2.75) is 51.3 Å². The Kier molecular flexibility index (Phi) is 3.73. The van der Waals surface area contributed by atoms with Crippen LogP contribution in [0.3, 0.4) is 0 Å². The average molecular weight is 220 g/mol. The van der Waals surface area contributed by atoms with Crippen LogP contribution in [0.25, 0.3) is 0 Å². The summed E-state index contributed by atoms with van der Waals surface area (Å²) in [5.74, 6) is 0. The third-order valence-electron chi connectivity index (χ3n) is 2.75. The minimum absolute atomic E-state index is 0.367. The van der Waals surface area contributed by atoms with Gasteiger partial charge < -0.3 is 25.2 Å². The van der Waals surface area contributed by atoms with Gasteiger partial charge >= 0.3 is 0 Å². The highest BCUT2D eigenvalue weighted by atomic mass is 16.5. The second-order valence-corrected chi connectivity index (χ2v) is 5.12. The average Bonchev–Trinajstić information content (AvgIpc) is 2.13. The molecule has 0 aliphatic carbocycles. The van der Waals surface area contributed by atoms with E-state index in [-0.39, 0.29) is 12.0 Å². The Morgan fingerprint density at radius 2 is 1.53 bits per heavy atom. The Bertz CT molecular complexity index is 210. The van der Waals surface area contributed by atoms with Crippen LogP contribution in [-0.4, -0.2) is 57.6 Å². The van der Waals surface area contributed by atoms with Crippen LogP contribution >= 0.6 is 0 Å². The molecule has 0 aromatic heterocycles. The van der Waals surface area contributed by atoms with Gasteiger partial charge in [-0.1, -0.05) is 20.8 Å². The Hall–Kier alpha value is -0.200. The summed E-state index contributed by atoms with van der Waals surface area (Å²) in [5.41, 5.74) is -0.367. The monoisotopic (exact) mass is 220 g/mol. The van der Waals surface area contributed by atoms with Crippen LogP contribution in [0.4, 0.5) is 0 Å². The lowest BCUT2D eigenvalue weighted by Crippen LogP contribution is -2.61. The molecule has 0 radical (unpaired) electrons. The van der Waals surface area contributed by atoms with Gasteiger partial charge in [0.25, 0.3) is 0 Å². The lowest BCUT2D eigenvalue weighted by molar-refractivity contribution is -0.250. The van der Waals surface area contributed by atoms with Crippen LogP contribution in [0.2, 0.25) is 0 Å². The second-order valence-electron chi connectivity index (χ2n) is 5.12. The molecule has 3 unspecified atom stereocenters. The van der Waals surface area contributed by atoms with Gasteiger partial charge in [-0.05, 0) is 5.41 Å². The van der Waals surface area contributed by atoms with Crippen LogP contribution in [0.5, 0.6) is 0 Å². The minimum Gasteiger partial charge on any atom is -0.394 e. The van der Waals surface area contributed by atoms with Crippen molar-refractivity contribution in [2.24, 2.45) is 5.41 Å². The van der Waals surface area contributed by atoms with Gasteiger partial charge in [-0.3, -0.25) is 0 Å². The molecule has 1 heterocycles. The van der Waals surface area contributed by atoms with E-state index in [4.69, 9.17) is 9.84 Å². The molecular weight excluding hydrogens is 200 g/mol. The topological polar surface area (TPSA) is 90.2 Å². The predicted molar refractivity (Wildman–Crippen MR) is 53.2 cm³/mol. The summed E-state index contributed by atoms with van der Waals surface area (Å²) in [6, 6.07) is 0. The quantitative estimate of drug-likeness (QED) is 0.449. The van der Waals surface area contributed by atoms with Crippen molar-refractivity contribution in [3.8, 4) is 0 Å². The predicted octanol–water partition coefficient (Wildman–Crippen LogP) is -1.13. The minimum atomic E-state index is -1.28. The van der Waals surface area contributed by atoms with Gasteiger partial charge in [0.1, 0.15) is 24.4 Å². The highest BCUT2D eigenvalue weighted by molar-refractivity contribution is 4.96. The van der Waals surface area contributed by atoms with Gasteiger partial charge in [0.15, 0.2) is 0 Å². The number of aliphatic hydroxyl groups is 4. The summed E-state index contributed by atoms with van der Waals surface area (Å²) >= 11 is 0. The molecule has 1 rings (SSSR count). The van der Waals surface area contributed by atoms with E-state index in [0.717, 1.165) is 0 Å². The van der Waals surface area contributed by atoms with Gasteiger partial charge in [-0.25, -0.2) is 0 Å². The zero-order valence-electron chi connectivity index (χ0n) is 9.29. The number of rotatable bonds is 1. The smallest absolute Gasteiger partial charge is 0.111 e. The SMILES string of the molecule is CC(C)(C)C1OC(CO)[C@H](O)[C@H](O)C1O. The number of hydrogen-bond acceptors (Lipinski definition) is 5. The molecule has 15 heavy (non-hydrogen) atoms. The maximum absolute atomic E-state index is 9.74. The molecule has 5 atom stereocenters. The van der Waals surface area contributed by atoms with E-state index in [9.17, 15) is 15.3 Å². The lowest BCUT2D eigenvalue weighted by Gasteiger charge is -2.45. The number of hydrogen-bond donors (Lipinski definition) is 4. The molecule has 0 spiro atoms. The molecule has 1 saturated heterocycles.